The van der Waals surface area contributed by atoms with Gasteiger partial charge in [-0.3, -0.25) is 0 Å². The highest BCUT2D eigenvalue weighted by molar-refractivity contribution is 6.14. The van der Waals surface area contributed by atoms with Crippen molar-refractivity contribution in [3.8, 4) is 61.3 Å². The van der Waals surface area contributed by atoms with Crippen LogP contribution in [0.5, 0.6) is 0 Å². The highest BCUT2D eigenvalue weighted by Crippen LogP contribution is 2.47. The van der Waals surface area contributed by atoms with Crippen LogP contribution in [0, 0.1) is 0 Å². The number of fused-ring (bicyclic) bond motifs is 6. The maximum Gasteiger partial charge on any atom is 0.136 e. The van der Waals surface area contributed by atoms with E-state index in [1.165, 1.54) is 44.1 Å². The van der Waals surface area contributed by atoms with Crippen molar-refractivity contribution in [1.82, 2.24) is 4.57 Å². The van der Waals surface area contributed by atoms with Crippen molar-refractivity contribution in [2.45, 2.75) is 0 Å². The van der Waals surface area contributed by atoms with Gasteiger partial charge in [0.25, 0.3) is 0 Å². The van der Waals surface area contributed by atoms with Crippen LogP contribution in [0.4, 0.5) is 17.1 Å². The van der Waals surface area contributed by atoms with Crippen LogP contribution < -0.4 is 4.90 Å². The average molecular weight is 881 g/mol. The molecule has 0 saturated carbocycles. The molecule has 11 aromatic carbocycles. The molecule has 0 atom stereocenters. The second kappa shape index (κ2) is 16.9. The first kappa shape index (κ1) is 40.1. The number of benzene rings is 11. The van der Waals surface area contributed by atoms with Gasteiger partial charge in [-0.25, -0.2) is 0 Å². The molecular weight excluding hydrogens is 837 g/mol. The molecule has 0 radical (unpaired) electrons. The van der Waals surface area contributed by atoms with E-state index in [1.807, 2.05) is 6.07 Å². The van der Waals surface area contributed by atoms with Crippen molar-refractivity contribution < 1.29 is 4.42 Å². The SMILES string of the molecule is c1ccc(-c2ccc(-c3ccccc3N(c3ccc(-c4cccc(-c5ccc(-n6c7ccccc7c7ccccc76)cc5)c4)cc3)c3ccccc3-c3cccc4oc5ccccc5c34)cc2)cc1. The fourth-order valence-corrected chi connectivity index (χ4v) is 10.4. The standard InChI is InChI=1S/C66H44N2O/c1-2-16-45(17-3-1)46-32-34-49(35-33-46)54-20-4-9-26-60(54)67(63-29-12-7-23-57(63)58-25-15-31-65-66(58)59-24-8-13-30-64(59)69-65)52-40-36-47(37-41-52)50-18-14-19-51(44-50)48-38-42-53(43-39-48)68-61-27-10-5-21-55(61)56-22-6-11-28-62(56)68/h1-44H. The van der Waals surface area contributed by atoms with E-state index in [4.69, 9.17) is 4.42 Å². The third-order valence-corrected chi connectivity index (χ3v) is 13.6. The summed E-state index contributed by atoms with van der Waals surface area (Å²) in [5.74, 6) is 0. The smallest absolute Gasteiger partial charge is 0.136 e. The molecule has 0 spiro atoms. The molecule has 3 nitrogen and oxygen atoms in total. The molecule has 0 aliphatic carbocycles. The summed E-state index contributed by atoms with van der Waals surface area (Å²) in [4.78, 5) is 2.43. The molecule has 3 heteroatoms. The summed E-state index contributed by atoms with van der Waals surface area (Å²) in [5, 5.41) is 4.75. The van der Waals surface area contributed by atoms with Crippen molar-refractivity contribution in [1.29, 1.82) is 0 Å². The normalized spacial score (nSPS) is 11.5. The summed E-state index contributed by atoms with van der Waals surface area (Å²) in [5.41, 5.74) is 20.1. The largest absolute Gasteiger partial charge is 0.456 e. The van der Waals surface area contributed by atoms with Crippen molar-refractivity contribution in [3.05, 3.63) is 267 Å². The first-order valence-corrected chi connectivity index (χ1v) is 23.6. The van der Waals surface area contributed by atoms with Gasteiger partial charge in [0.1, 0.15) is 11.2 Å². The molecule has 0 saturated heterocycles. The Morgan fingerprint density at radius 1 is 0.290 bits per heavy atom. The van der Waals surface area contributed by atoms with Crippen molar-refractivity contribution in [3.63, 3.8) is 0 Å². The predicted molar refractivity (Wildman–Crippen MR) is 290 cm³/mol. The van der Waals surface area contributed by atoms with Crippen LogP contribution in [0.2, 0.25) is 0 Å². The number of nitrogens with zero attached hydrogens (tertiary/aromatic N) is 2. The third kappa shape index (κ3) is 7.08. The molecule has 0 fully saturated rings. The van der Waals surface area contributed by atoms with E-state index < -0.39 is 0 Å². The third-order valence-electron chi connectivity index (χ3n) is 13.6. The van der Waals surface area contributed by atoms with E-state index in [2.05, 4.69) is 270 Å². The topological polar surface area (TPSA) is 21.3 Å². The molecule has 0 unspecified atom stereocenters. The number of anilines is 3. The van der Waals surface area contributed by atoms with Crippen LogP contribution >= 0.6 is 0 Å². The highest BCUT2D eigenvalue weighted by atomic mass is 16.3. The zero-order valence-corrected chi connectivity index (χ0v) is 37.7. The number of aromatic nitrogens is 1. The van der Waals surface area contributed by atoms with Crippen molar-refractivity contribution in [2.75, 3.05) is 4.90 Å². The fraction of sp³-hybridized carbons (Fsp3) is 0. The maximum atomic E-state index is 6.43. The minimum atomic E-state index is 0.875. The minimum absolute atomic E-state index is 0.875. The van der Waals surface area contributed by atoms with E-state index in [1.54, 1.807) is 0 Å². The Bertz CT molecular complexity index is 3940. The number of hydrogen-bond acceptors (Lipinski definition) is 2. The molecule has 324 valence electrons. The number of para-hydroxylation sites is 5. The molecule has 0 amide bonds. The Morgan fingerprint density at radius 2 is 0.739 bits per heavy atom. The Hall–Kier alpha value is -9.18. The lowest BCUT2D eigenvalue weighted by molar-refractivity contribution is 0.669. The van der Waals surface area contributed by atoms with Gasteiger partial charge in [0.15, 0.2) is 0 Å². The molecule has 0 aliphatic rings. The summed E-state index contributed by atoms with van der Waals surface area (Å²) in [6.45, 7) is 0. The van der Waals surface area contributed by atoms with Crippen molar-refractivity contribution >= 4 is 60.8 Å². The van der Waals surface area contributed by atoms with Gasteiger partial charge in [-0.05, 0) is 111 Å². The molecule has 13 rings (SSSR count). The second-order valence-corrected chi connectivity index (χ2v) is 17.6. The quantitative estimate of drug-likeness (QED) is 0.144. The zero-order valence-electron chi connectivity index (χ0n) is 37.7. The first-order valence-electron chi connectivity index (χ1n) is 23.6. The van der Waals surface area contributed by atoms with E-state index in [0.717, 1.165) is 78.1 Å². The molecule has 13 aromatic rings. The summed E-state index contributed by atoms with van der Waals surface area (Å²) < 4.78 is 8.80. The van der Waals surface area contributed by atoms with Crippen LogP contribution in [0.15, 0.2) is 271 Å². The Kier molecular flexibility index (Phi) is 9.84. The molecule has 2 heterocycles. The Balaban J connectivity index is 0.900. The first-order chi connectivity index (χ1) is 34.2. The number of rotatable bonds is 9. The lowest BCUT2D eigenvalue weighted by atomic mass is 9.95. The van der Waals surface area contributed by atoms with Crippen LogP contribution in [0.25, 0.3) is 105 Å². The molecule has 69 heavy (non-hydrogen) atoms. The van der Waals surface area contributed by atoms with Crippen LogP contribution in [0.1, 0.15) is 0 Å². The van der Waals surface area contributed by atoms with Gasteiger partial charge in [-0.15, -0.1) is 0 Å². The Labute approximate surface area is 401 Å². The van der Waals surface area contributed by atoms with Crippen LogP contribution in [0.3, 0.4) is 0 Å². The second-order valence-electron chi connectivity index (χ2n) is 17.6. The summed E-state index contributed by atoms with van der Waals surface area (Å²) in [6.07, 6.45) is 0. The van der Waals surface area contributed by atoms with Gasteiger partial charge in [0.2, 0.25) is 0 Å². The van der Waals surface area contributed by atoms with Gasteiger partial charge in [-0.1, -0.05) is 200 Å². The summed E-state index contributed by atoms with van der Waals surface area (Å²) in [6, 6.07) is 96.1. The van der Waals surface area contributed by atoms with Crippen LogP contribution in [-0.2, 0) is 0 Å². The molecule has 0 aliphatic heterocycles. The highest BCUT2D eigenvalue weighted by Gasteiger charge is 2.23. The summed E-state index contributed by atoms with van der Waals surface area (Å²) >= 11 is 0. The number of furan rings is 1. The monoisotopic (exact) mass is 880 g/mol. The molecule has 0 N–H and O–H groups in total. The summed E-state index contributed by atoms with van der Waals surface area (Å²) in [7, 11) is 0. The average Bonchev–Trinajstić information content (AvgIpc) is 3.98. The molecule has 0 bridgehead atoms. The van der Waals surface area contributed by atoms with Gasteiger partial charge < -0.3 is 13.9 Å². The maximum absolute atomic E-state index is 6.43. The number of hydrogen-bond donors (Lipinski definition) is 0. The van der Waals surface area contributed by atoms with E-state index >= 15 is 0 Å². The zero-order chi connectivity index (χ0) is 45.7. The predicted octanol–water partition coefficient (Wildman–Crippen LogP) is 18.5. The van der Waals surface area contributed by atoms with E-state index in [9.17, 15) is 0 Å². The Morgan fingerprint density at radius 3 is 1.43 bits per heavy atom. The van der Waals surface area contributed by atoms with Gasteiger partial charge in [-0.2, -0.15) is 0 Å². The van der Waals surface area contributed by atoms with Gasteiger partial charge >= 0.3 is 0 Å². The lowest BCUT2D eigenvalue weighted by Gasteiger charge is -2.30. The minimum Gasteiger partial charge on any atom is -0.456 e. The van der Waals surface area contributed by atoms with Gasteiger partial charge in [0.05, 0.1) is 22.4 Å². The van der Waals surface area contributed by atoms with Gasteiger partial charge in [0, 0.05) is 44.0 Å². The fourth-order valence-electron chi connectivity index (χ4n) is 10.4. The molecular formula is C66H44N2O. The van der Waals surface area contributed by atoms with E-state index in [0.29, 0.717) is 0 Å². The van der Waals surface area contributed by atoms with Crippen molar-refractivity contribution in [2.24, 2.45) is 0 Å². The molecule has 2 aromatic heterocycles. The van der Waals surface area contributed by atoms with Crippen LogP contribution in [-0.4, -0.2) is 4.57 Å². The van der Waals surface area contributed by atoms with E-state index in [-0.39, 0.29) is 0 Å². The lowest BCUT2D eigenvalue weighted by Crippen LogP contribution is -2.12.